The number of carbonyl (C=O) groups excluding carboxylic acids is 1. The highest BCUT2D eigenvalue weighted by molar-refractivity contribution is 5.84. The molecule has 3 N–H and O–H groups in total. The van der Waals surface area contributed by atoms with Crippen LogP contribution >= 0.6 is 0 Å². The van der Waals surface area contributed by atoms with E-state index in [1.807, 2.05) is 6.92 Å². The summed E-state index contributed by atoms with van der Waals surface area (Å²) in [6.45, 7) is 5.09. The van der Waals surface area contributed by atoms with Gasteiger partial charge in [-0.05, 0) is 44.4 Å². The van der Waals surface area contributed by atoms with Gasteiger partial charge in [0, 0.05) is 25.7 Å². The van der Waals surface area contributed by atoms with Gasteiger partial charge in [-0.3, -0.25) is 10.1 Å². The topological polar surface area (TPSA) is 58.4 Å². The number of rotatable bonds is 5. The van der Waals surface area contributed by atoms with Crippen LogP contribution in [0.3, 0.4) is 0 Å². The zero-order valence-corrected chi connectivity index (χ0v) is 11.3. The number of likely N-dealkylation sites (tertiary alicyclic amines) is 1. The van der Waals surface area contributed by atoms with Crippen molar-refractivity contribution < 1.29 is 4.79 Å². The molecule has 3 rings (SSSR count). The second-order valence-corrected chi connectivity index (χ2v) is 6.76. The van der Waals surface area contributed by atoms with Crippen LogP contribution in [-0.4, -0.2) is 42.0 Å². The molecular weight excluding hydrogens is 226 g/mol. The van der Waals surface area contributed by atoms with E-state index in [1.54, 1.807) is 0 Å². The summed E-state index contributed by atoms with van der Waals surface area (Å²) in [6.07, 6.45) is 6.54. The number of hydrogen-bond acceptors (Lipinski definition) is 3. The third-order valence-electron chi connectivity index (χ3n) is 4.99. The quantitative estimate of drug-likeness (QED) is 0.757. The molecule has 1 amide bonds. The van der Waals surface area contributed by atoms with Gasteiger partial charge in [0.2, 0.25) is 5.91 Å². The first-order chi connectivity index (χ1) is 8.57. The molecule has 3 unspecified atom stereocenters. The first-order valence-electron chi connectivity index (χ1n) is 7.37. The number of nitrogens with one attached hydrogen (secondary N) is 1. The number of nitrogens with zero attached hydrogens (tertiary/aromatic N) is 1. The molecule has 0 bridgehead atoms. The summed E-state index contributed by atoms with van der Waals surface area (Å²) in [5.41, 5.74) is 5.07. The van der Waals surface area contributed by atoms with E-state index in [9.17, 15) is 4.79 Å². The van der Waals surface area contributed by atoms with Crippen LogP contribution in [0.4, 0.5) is 0 Å². The third kappa shape index (κ3) is 2.41. The predicted octanol–water partition coefficient (Wildman–Crippen LogP) is 0.714. The van der Waals surface area contributed by atoms with Gasteiger partial charge >= 0.3 is 0 Å². The molecule has 1 aliphatic heterocycles. The lowest BCUT2D eigenvalue weighted by Crippen LogP contribution is -2.60. The van der Waals surface area contributed by atoms with Crippen molar-refractivity contribution in [1.82, 2.24) is 10.2 Å². The highest BCUT2D eigenvalue weighted by atomic mass is 16.1. The maximum absolute atomic E-state index is 11.8. The van der Waals surface area contributed by atoms with E-state index in [-0.39, 0.29) is 5.91 Å². The fourth-order valence-corrected chi connectivity index (χ4v) is 3.78. The standard InChI is InChI=1S/C14H25N3O/c1-14(13(15)18,16-12-5-6-12)9-17-7-10-3-2-4-11(10)8-17/h10-12,16H,2-9H2,1H3,(H2,15,18). The van der Waals surface area contributed by atoms with E-state index in [0.29, 0.717) is 6.04 Å². The number of fused-ring (bicyclic) bond motifs is 1. The highest BCUT2D eigenvalue weighted by Crippen LogP contribution is 2.38. The summed E-state index contributed by atoms with van der Waals surface area (Å²) in [5, 5.41) is 3.44. The maximum atomic E-state index is 11.8. The van der Waals surface area contributed by atoms with Gasteiger partial charge in [-0.2, -0.15) is 0 Å². The normalized spacial score (nSPS) is 35.4. The van der Waals surface area contributed by atoms with Crippen LogP contribution in [0.25, 0.3) is 0 Å². The predicted molar refractivity (Wildman–Crippen MR) is 71.0 cm³/mol. The average molecular weight is 251 g/mol. The molecule has 1 saturated heterocycles. The SMILES string of the molecule is CC(CN1CC2CCCC2C1)(NC1CC1)C(N)=O. The molecule has 2 saturated carbocycles. The Kier molecular flexibility index (Phi) is 3.10. The molecule has 0 aromatic carbocycles. The monoisotopic (exact) mass is 251 g/mol. The molecule has 3 fully saturated rings. The molecule has 3 atom stereocenters. The van der Waals surface area contributed by atoms with Crippen LogP contribution in [0, 0.1) is 11.8 Å². The Morgan fingerprint density at radius 3 is 2.39 bits per heavy atom. The minimum Gasteiger partial charge on any atom is -0.368 e. The Morgan fingerprint density at radius 2 is 1.89 bits per heavy atom. The van der Waals surface area contributed by atoms with Crippen LogP contribution < -0.4 is 11.1 Å². The van der Waals surface area contributed by atoms with Crippen molar-refractivity contribution in [2.45, 2.75) is 50.6 Å². The Morgan fingerprint density at radius 1 is 1.28 bits per heavy atom. The lowest BCUT2D eigenvalue weighted by atomic mass is 10.0. The van der Waals surface area contributed by atoms with E-state index < -0.39 is 5.54 Å². The van der Waals surface area contributed by atoms with Gasteiger partial charge in [-0.15, -0.1) is 0 Å². The van der Waals surface area contributed by atoms with E-state index >= 15 is 0 Å². The van der Waals surface area contributed by atoms with Crippen LogP contribution in [0.1, 0.15) is 39.0 Å². The summed E-state index contributed by atoms with van der Waals surface area (Å²) < 4.78 is 0. The Balaban J connectivity index is 1.60. The molecule has 3 aliphatic rings. The number of nitrogens with two attached hydrogens (primary N) is 1. The minimum absolute atomic E-state index is 0.202. The van der Waals surface area contributed by atoms with E-state index in [0.717, 1.165) is 18.4 Å². The van der Waals surface area contributed by atoms with Gasteiger partial charge < -0.3 is 10.6 Å². The lowest BCUT2D eigenvalue weighted by Gasteiger charge is -2.32. The summed E-state index contributed by atoms with van der Waals surface area (Å²) >= 11 is 0. The number of primary amides is 1. The summed E-state index contributed by atoms with van der Waals surface area (Å²) in [4.78, 5) is 14.2. The van der Waals surface area contributed by atoms with Crippen LogP contribution in [0.2, 0.25) is 0 Å². The smallest absolute Gasteiger partial charge is 0.238 e. The van der Waals surface area contributed by atoms with Crippen molar-refractivity contribution in [3.8, 4) is 0 Å². The van der Waals surface area contributed by atoms with Gasteiger partial charge in [-0.25, -0.2) is 0 Å². The van der Waals surface area contributed by atoms with Gasteiger partial charge in [0.15, 0.2) is 0 Å². The first kappa shape index (κ1) is 12.4. The number of hydrogen-bond donors (Lipinski definition) is 2. The fraction of sp³-hybridized carbons (Fsp3) is 0.929. The molecule has 0 aromatic heterocycles. The molecule has 4 nitrogen and oxygen atoms in total. The third-order valence-corrected chi connectivity index (χ3v) is 4.99. The highest BCUT2D eigenvalue weighted by Gasteiger charge is 2.42. The Hall–Kier alpha value is -0.610. The summed E-state index contributed by atoms with van der Waals surface area (Å²) in [5.74, 6) is 1.55. The van der Waals surface area contributed by atoms with Crippen LogP contribution in [0.15, 0.2) is 0 Å². The maximum Gasteiger partial charge on any atom is 0.238 e. The van der Waals surface area contributed by atoms with E-state index in [1.165, 1.54) is 45.2 Å². The van der Waals surface area contributed by atoms with Gasteiger partial charge in [0.25, 0.3) is 0 Å². The molecule has 18 heavy (non-hydrogen) atoms. The molecule has 4 heteroatoms. The molecule has 0 aromatic rings. The van der Waals surface area contributed by atoms with Crippen molar-refractivity contribution in [1.29, 1.82) is 0 Å². The number of amides is 1. The molecule has 1 heterocycles. The second-order valence-electron chi connectivity index (χ2n) is 6.76. The van der Waals surface area contributed by atoms with Crippen molar-refractivity contribution in [3.05, 3.63) is 0 Å². The van der Waals surface area contributed by atoms with Crippen molar-refractivity contribution in [2.75, 3.05) is 19.6 Å². The zero-order chi connectivity index (χ0) is 12.8. The van der Waals surface area contributed by atoms with E-state index in [4.69, 9.17) is 5.73 Å². The van der Waals surface area contributed by atoms with Gasteiger partial charge in [0.05, 0.1) is 0 Å². The van der Waals surface area contributed by atoms with Gasteiger partial charge in [0.1, 0.15) is 5.54 Å². The van der Waals surface area contributed by atoms with Crippen LogP contribution in [0.5, 0.6) is 0 Å². The first-order valence-corrected chi connectivity index (χ1v) is 7.37. The minimum atomic E-state index is -0.542. The second kappa shape index (κ2) is 4.49. The van der Waals surface area contributed by atoms with Gasteiger partial charge in [-0.1, -0.05) is 6.42 Å². The van der Waals surface area contributed by atoms with Crippen molar-refractivity contribution >= 4 is 5.91 Å². The Labute approximate surface area is 109 Å². The fourth-order valence-electron chi connectivity index (χ4n) is 3.78. The van der Waals surface area contributed by atoms with Crippen LogP contribution in [-0.2, 0) is 4.79 Å². The summed E-state index contributed by atoms with van der Waals surface area (Å²) in [7, 11) is 0. The average Bonchev–Trinajstić information content (AvgIpc) is 2.84. The largest absolute Gasteiger partial charge is 0.368 e. The van der Waals surface area contributed by atoms with Crippen molar-refractivity contribution in [2.24, 2.45) is 17.6 Å². The number of carbonyl (C=O) groups is 1. The molecule has 0 spiro atoms. The lowest BCUT2D eigenvalue weighted by molar-refractivity contribution is -0.124. The zero-order valence-electron chi connectivity index (χ0n) is 11.3. The molecular formula is C14H25N3O. The van der Waals surface area contributed by atoms with E-state index in [2.05, 4.69) is 10.2 Å². The van der Waals surface area contributed by atoms with Crippen molar-refractivity contribution in [3.63, 3.8) is 0 Å². The molecule has 102 valence electrons. The summed E-state index contributed by atoms with van der Waals surface area (Å²) in [6, 6.07) is 0.518. The molecule has 0 radical (unpaired) electrons. The Bertz CT molecular complexity index is 330. The molecule has 2 aliphatic carbocycles.